The molecule has 0 aliphatic heterocycles. The van der Waals surface area contributed by atoms with Crippen LogP contribution in [0.1, 0.15) is 58.7 Å². The van der Waals surface area contributed by atoms with Gasteiger partial charge < -0.3 is 19.4 Å². The zero-order valence-electron chi connectivity index (χ0n) is 25.3. The van der Waals surface area contributed by atoms with Crippen LogP contribution >= 0.6 is 0 Å². The van der Waals surface area contributed by atoms with Gasteiger partial charge in [-0.2, -0.15) is 0 Å². The van der Waals surface area contributed by atoms with Gasteiger partial charge >= 0.3 is 11.7 Å². The summed E-state index contributed by atoms with van der Waals surface area (Å²) in [7, 11) is 1.70. The van der Waals surface area contributed by atoms with Crippen LogP contribution in [0.15, 0.2) is 52.1 Å². The van der Waals surface area contributed by atoms with Gasteiger partial charge in [0.25, 0.3) is 0 Å². The molecule has 1 aromatic carbocycles. The van der Waals surface area contributed by atoms with Crippen LogP contribution in [-0.2, 0) is 20.7 Å². The molecule has 12 heteroatoms. The summed E-state index contributed by atoms with van der Waals surface area (Å²) in [6.45, 7) is 11.0. The number of carbonyl (C=O) groups is 3. The smallest absolute Gasteiger partial charge is 0.407 e. The average Bonchev–Trinajstić information content (AvgIpc) is 2.92. The maximum absolute atomic E-state index is 13.6. The van der Waals surface area contributed by atoms with Crippen molar-refractivity contribution in [2.45, 2.75) is 71.9 Å². The molecule has 42 heavy (non-hydrogen) atoms. The Bertz CT molecular complexity index is 1460. The maximum atomic E-state index is 13.6. The molecule has 0 aliphatic rings. The van der Waals surface area contributed by atoms with E-state index in [-0.39, 0.29) is 30.2 Å². The van der Waals surface area contributed by atoms with E-state index in [0.29, 0.717) is 36.2 Å². The molecule has 0 aliphatic carbocycles. The second kappa shape index (κ2) is 13.6. The van der Waals surface area contributed by atoms with Gasteiger partial charge in [0.05, 0.1) is 16.6 Å². The Morgan fingerprint density at radius 2 is 1.79 bits per heavy atom. The van der Waals surface area contributed by atoms with E-state index < -0.39 is 22.9 Å². The number of anilines is 1. The van der Waals surface area contributed by atoms with Crippen molar-refractivity contribution in [2.24, 2.45) is 0 Å². The minimum atomic E-state index is -1.22. The SMILES string of the molecule is Cc1c(N(NC(C)(C)C(=O)N(C)CCc2ccccn2)C(=O)CCCNC(=O)OC(C)(C)C)ccc2ncoc(=O)c12. The standard InChI is InChI=1S/C30H40N6O6/c1-20-23(14-13-22-25(20)26(38)41-19-33-22)36(24(37)12-10-17-32-28(40)42-29(2,3)4)34-30(5,6)27(39)35(7)18-15-21-11-8-9-16-31-21/h8-9,11,13-14,16,19,34H,10,12,15,17-18H2,1-7H3,(H,32,40). The van der Waals surface area contributed by atoms with Gasteiger partial charge in [0.1, 0.15) is 11.1 Å². The summed E-state index contributed by atoms with van der Waals surface area (Å²) in [5.74, 6) is -0.615. The Morgan fingerprint density at radius 1 is 1.05 bits per heavy atom. The second-order valence-corrected chi connectivity index (χ2v) is 11.5. The van der Waals surface area contributed by atoms with Crippen molar-refractivity contribution < 1.29 is 23.5 Å². The molecule has 2 aromatic heterocycles. The summed E-state index contributed by atoms with van der Waals surface area (Å²) in [6.07, 6.45) is 3.11. The highest BCUT2D eigenvalue weighted by Gasteiger charge is 2.35. The van der Waals surface area contributed by atoms with E-state index in [9.17, 15) is 19.2 Å². The molecule has 2 heterocycles. The number of benzene rings is 1. The van der Waals surface area contributed by atoms with Crippen molar-refractivity contribution >= 4 is 34.5 Å². The summed E-state index contributed by atoms with van der Waals surface area (Å²) in [5.41, 5.74) is 2.79. The molecule has 3 aromatic rings. The van der Waals surface area contributed by atoms with Crippen LogP contribution in [-0.4, -0.2) is 64.1 Å². The molecular weight excluding hydrogens is 540 g/mol. The zero-order valence-corrected chi connectivity index (χ0v) is 25.3. The fraction of sp³-hybridized carbons (Fsp3) is 0.467. The molecule has 0 spiro atoms. The minimum absolute atomic E-state index is 0.0295. The van der Waals surface area contributed by atoms with Crippen molar-refractivity contribution in [2.75, 3.05) is 25.1 Å². The van der Waals surface area contributed by atoms with Gasteiger partial charge in [-0.15, -0.1) is 0 Å². The van der Waals surface area contributed by atoms with Gasteiger partial charge in [0, 0.05) is 44.9 Å². The Kier molecular flexibility index (Phi) is 10.4. The van der Waals surface area contributed by atoms with Gasteiger partial charge in [0.2, 0.25) is 11.8 Å². The number of alkyl carbamates (subject to hydrolysis) is 1. The lowest BCUT2D eigenvalue weighted by Gasteiger charge is -2.36. The molecule has 226 valence electrons. The first-order chi connectivity index (χ1) is 19.7. The van der Waals surface area contributed by atoms with E-state index in [1.54, 1.807) is 71.8 Å². The highest BCUT2D eigenvalue weighted by molar-refractivity contribution is 5.98. The molecular formula is C30H40N6O6. The molecule has 0 saturated carbocycles. The van der Waals surface area contributed by atoms with E-state index in [4.69, 9.17) is 9.15 Å². The van der Waals surface area contributed by atoms with Crippen molar-refractivity contribution in [3.05, 3.63) is 64.6 Å². The number of aromatic nitrogens is 2. The number of hydrogen-bond acceptors (Lipinski definition) is 9. The number of ether oxygens (including phenoxy) is 1. The normalized spacial score (nSPS) is 11.7. The number of hydrogen-bond donors (Lipinski definition) is 2. The number of pyridine rings is 1. The van der Waals surface area contributed by atoms with Crippen molar-refractivity contribution in [3.8, 4) is 0 Å². The number of nitrogens with one attached hydrogen (secondary N) is 2. The number of carbonyl (C=O) groups excluding carboxylic acids is 3. The van der Waals surface area contributed by atoms with E-state index in [2.05, 4.69) is 20.7 Å². The first kappa shape index (κ1) is 32.2. The third-order valence-electron chi connectivity index (χ3n) is 6.40. The van der Waals surface area contributed by atoms with Crippen molar-refractivity contribution in [1.29, 1.82) is 0 Å². The molecule has 12 nitrogen and oxygen atoms in total. The van der Waals surface area contributed by atoms with E-state index >= 15 is 0 Å². The Labute approximate surface area is 245 Å². The maximum Gasteiger partial charge on any atom is 0.407 e. The molecule has 0 bridgehead atoms. The number of hydrazine groups is 1. The third kappa shape index (κ3) is 8.59. The van der Waals surface area contributed by atoms with Gasteiger partial charge in [0.15, 0.2) is 6.39 Å². The number of aryl methyl sites for hydroxylation is 1. The summed E-state index contributed by atoms with van der Waals surface area (Å²) < 4.78 is 10.2. The Hall–Kier alpha value is -4.32. The van der Waals surface area contributed by atoms with Crippen LogP contribution in [0.3, 0.4) is 0 Å². The quantitative estimate of drug-likeness (QED) is 0.257. The fourth-order valence-corrected chi connectivity index (χ4v) is 4.33. The minimum Gasteiger partial charge on any atom is -0.444 e. The monoisotopic (exact) mass is 580 g/mol. The predicted molar refractivity (Wildman–Crippen MR) is 159 cm³/mol. The van der Waals surface area contributed by atoms with Crippen LogP contribution in [0.25, 0.3) is 10.9 Å². The lowest BCUT2D eigenvalue weighted by molar-refractivity contribution is -0.136. The molecule has 0 fully saturated rings. The van der Waals surface area contributed by atoms with Crippen LogP contribution in [0, 0.1) is 6.92 Å². The number of rotatable bonds is 11. The number of nitrogens with zero attached hydrogens (tertiary/aromatic N) is 4. The highest BCUT2D eigenvalue weighted by Crippen LogP contribution is 2.26. The summed E-state index contributed by atoms with van der Waals surface area (Å²) >= 11 is 0. The molecule has 0 radical (unpaired) electrons. The largest absolute Gasteiger partial charge is 0.444 e. The average molecular weight is 581 g/mol. The van der Waals surface area contributed by atoms with E-state index in [1.807, 2.05) is 18.2 Å². The molecule has 0 saturated heterocycles. The van der Waals surface area contributed by atoms with E-state index in [1.165, 1.54) is 5.01 Å². The number of likely N-dealkylation sites (N-methyl/N-ethyl adjacent to an activating group) is 1. The second-order valence-electron chi connectivity index (χ2n) is 11.5. The van der Waals surface area contributed by atoms with Crippen molar-refractivity contribution in [3.63, 3.8) is 0 Å². The van der Waals surface area contributed by atoms with Crippen LogP contribution in [0.4, 0.5) is 10.5 Å². The molecule has 3 amide bonds. The topological polar surface area (TPSA) is 147 Å². The molecule has 3 rings (SSSR count). The lowest BCUT2D eigenvalue weighted by Crippen LogP contribution is -2.61. The van der Waals surface area contributed by atoms with Gasteiger partial charge in [-0.3, -0.25) is 14.6 Å². The number of amides is 3. The number of fused-ring (bicyclic) bond motifs is 1. The zero-order chi connectivity index (χ0) is 31.1. The van der Waals surface area contributed by atoms with Crippen LogP contribution in [0.2, 0.25) is 0 Å². The summed E-state index contributed by atoms with van der Waals surface area (Å²) in [5, 5.41) is 4.17. The molecule has 0 unspecified atom stereocenters. The summed E-state index contributed by atoms with van der Waals surface area (Å²) in [4.78, 5) is 61.7. The van der Waals surface area contributed by atoms with Gasteiger partial charge in [-0.05, 0) is 77.8 Å². The third-order valence-corrected chi connectivity index (χ3v) is 6.40. The highest BCUT2D eigenvalue weighted by atomic mass is 16.6. The fourth-order valence-electron chi connectivity index (χ4n) is 4.33. The van der Waals surface area contributed by atoms with Crippen LogP contribution < -0.4 is 21.4 Å². The lowest BCUT2D eigenvalue weighted by atomic mass is 10.0. The first-order valence-corrected chi connectivity index (χ1v) is 13.8. The first-order valence-electron chi connectivity index (χ1n) is 13.8. The predicted octanol–water partition coefficient (Wildman–Crippen LogP) is 3.51. The van der Waals surface area contributed by atoms with Gasteiger partial charge in [-0.1, -0.05) is 6.07 Å². The Balaban J connectivity index is 1.81. The summed E-state index contributed by atoms with van der Waals surface area (Å²) in [6, 6.07) is 8.91. The van der Waals surface area contributed by atoms with E-state index in [0.717, 1.165) is 12.1 Å². The molecule has 2 N–H and O–H groups in total. The van der Waals surface area contributed by atoms with Crippen LogP contribution in [0.5, 0.6) is 0 Å². The molecule has 0 atom stereocenters. The van der Waals surface area contributed by atoms with Gasteiger partial charge in [-0.25, -0.2) is 25.0 Å². The Morgan fingerprint density at radius 3 is 2.45 bits per heavy atom. The van der Waals surface area contributed by atoms with Crippen molar-refractivity contribution in [1.82, 2.24) is 25.6 Å².